The third-order valence-corrected chi connectivity index (χ3v) is 6.40. The number of aromatic nitrogens is 6. The Morgan fingerprint density at radius 1 is 1.23 bits per heavy atom. The van der Waals surface area contributed by atoms with Gasteiger partial charge in [-0.3, -0.25) is 19.4 Å². The van der Waals surface area contributed by atoms with E-state index in [4.69, 9.17) is 11.6 Å². The van der Waals surface area contributed by atoms with E-state index in [1.165, 1.54) is 17.7 Å². The average molecular weight is 501 g/mol. The smallest absolute Gasteiger partial charge is 0.258 e. The fraction of sp³-hybridized carbons (Fsp3) is 0.0526. The molecular weight excluding hydrogens is 490 g/mol. The summed E-state index contributed by atoms with van der Waals surface area (Å²) in [7, 11) is 0. The van der Waals surface area contributed by atoms with E-state index in [1.54, 1.807) is 24.0 Å². The Kier molecular flexibility index (Phi) is 4.89. The van der Waals surface area contributed by atoms with E-state index >= 15 is 0 Å². The first-order valence-corrected chi connectivity index (χ1v) is 10.8. The van der Waals surface area contributed by atoms with Gasteiger partial charge in [-0.2, -0.15) is 5.10 Å². The van der Waals surface area contributed by atoms with Crippen molar-refractivity contribution in [3.63, 3.8) is 0 Å². The number of carbonyl (C=O) groups excluding carboxylic acids is 1. The van der Waals surface area contributed by atoms with Crippen LogP contribution in [0.25, 0.3) is 21.1 Å². The largest absolute Gasteiger partial charge is 0.321 e. The van der Waals surface area contributed by atoms with Gasteiger partial charge in [0.1, 0.15) is 16.1 Å². The van der Waals surface area contributed by atoms with Crippen molar-refractivity contribution in [1.29, 1.82) is 0 Å². The van der Waals surface area contributed by atoms with E-state index in [2.05, 4.69) is 46.3 Å². The first kappa shape index (κ1) is 19.0. The van der Waals surface area contributed by atoms with Crippen molar-refractivity contribution in [2.75, 3.05) is 5.32 Å². The summed E-state index contributed by atoms with van der Waals surface area (Å²) in [6.07, 6.45) is 6.31. The Hall–Kier alpha value is -2.95. The molecule has 1 aromatic carbocycles. The summed E-state index contributed by atoms with van der Waals surface area (Å²) in [5, 5.41) is 10.4. The van der Waals surface area contributed by atoms with Crippen LogP contribution in [0.3, 0.4) is 0 Å². The predicted molar refractivity (Wildman–Crippen MR) is 119 cm³/mol. The van der Waals surface area contributed by atoms with Crippen LogP contribution in [-0.2, 0) is 6.54 Å². The zero-order chi connectivity index (χ0) is 20.7. The lowest BCUT2D eigenvalue weighted by Crippen LogP contribution is -2.12. The van der Waals surface area contributed by atoms with Gasteiger partial charge in [-0.15, -0.1) is 11.3 Å². The van der Waals surface area contributed by atoms with Crippen LogP contribution in [0.1, 0.15) is 16.1 Å². The lowest BCUT2D eigenvalue weighted by atomic mass is 10.2. The van der Waals surface area contributed by atoms with Crippen LogP contribution in [-0.4, -0.2) is 35.6 Å². The second kappa shape index (κ2) is 7.71. The van der Waals surface area contributed by atoms with Crippen LogP contribution >= 0.6 is 38.9 Å². The van der Waals surface area contributed by atoms with Crippen LogP contribution in [0.5, 0.6) is 0 Å². The van der Waals surface area contributed by atoms with Gasteiger partial charge in [0.05, 0.1) is 50.8 Å². The van der Waals surface area contributed by atoms with Crippen molar-refractivity contribution in [2.45, 2.75) is 6.54 Å². The molecule has 4 aromatic heterocycles. The highest BCUT2D eigenvalue weighted by Crippen LogP contribution is 2.33. The highest BCUT2D eigenvalue weighted by Gasteiger charge is 2.19. The van der Waals surface area contributed by atoms with Crippen molar-refractivity contribution in [3.8, 4) is 0 Å². The Labute approximate surface area is 187 Å². The molecule has 0 aliphatic carbocycles. The molecule has 0 aliphatic heterocycles. The molecule has 0 saturated heterocycles. The van der Waals surface area contributed by atoms with Gasteiger partial charge in [0, 0.05) is 17.8 Å². The average Bonchev–Trinajstić information content (AvgIpc) is 3.32. The van der Waals surface area contributed by atoms with E-state index in [9.17, 15) is 4.79 Å². The monoisotopic (exact) mass is 499 g/mol. The number of anilines is 1. The van der Waals surface area contributed by atoms with Crippen molar-refractivity contribution >= 4 is 71.6 Å². The molecule has 5 aromatic rings. The van der Waals surface area contributed by atoms with Gasteiger partial charge in [0.25, 0.3) is 5.91 Å². The van der Waals surface area contributed by atoms with Gasteiger partial charge in [-0.05, 0) is 28.1 Å². The van der Waals surface area contributed by atoms with Crippen LogP contribution in [0.15, 0.2) is 53.1 Å². The molecule has 148 valence electrons. The van der Waals surface area contributed by atoms with Crippen molar-refractivity contribution in [3.05, 3.63) is 69.5 Å². The van der Waals surface area contributed by atoms with Gasteiger partial charge in [-0.1, -0.05) is 17.7 Å². The molecule has 30 heavy (non-hydrogen) atoms. The molecule has 0 saturated carbocycles. The van der Waals surface area contributed by atoms with E-state index < -0.39 is 0 Å². The number of fused-ring (bicyclic) bond motifs is 2. The lowest BCUT2D eigenvalue weighted by Gasteiger charge is -2.07. The van der Waals surface area contributed by atoms with Crippen LogP contribution < -0.4 is 5.32 Å². The maximum absolute atomic E-state index is 13.0. The minimum Gasteiger partial charge on any atom is -0.321 e. The molecule has 5 rings (SSSR count). The number of carbonyl (C=O) groups is 1. The summed E-state index contributed by atoms with van der Waals surface area (Å²) in [6, 6.07) is 5.63. The zero-order valence-corrected chi connectivity index (χ0v) is 18.2. The highest BCUT2D eigenvalue weighted by atomic mass is 79.9. The maximum Gasteiger partial charge on any atom is 0.258 e. The fourth-order valence-corrected chi connectivity index (χ4v) is 4.90. The number of rotatable bonds is 4. The van der Waals surface area contributed by atoms with Gasteiger partial charge < -0.3 is 5.32 Å². The summed E-state index contributed by atoms with van der Waals surface area (Å²) >= 11 is 11.0. The zero-order valence-electron chi connectivity index (χ0n) is 15.1. The van der Waals surface area contributed by atoms with Gasteiger partial charge >= 0.3 is 0 Å². The fourth-order valence-electron chi connectivity index (χ4n) is 3.14. The normalized spacial score (nSPS) is 11.3. The van der Waals surface area contributed by atoms with Crippen LogP contribution in [0.4, 0.5) is 5.69 Å². The summed E-state index contributed by atoms with van der Waals surface area (Å²) in [6.45, 7) is 0.456. The van der Waals surface area contributed by atoms with Gasteiger partial charge in [-0.25, -0.2) is 9.97 Å². The second-order valence-electron chi connectivity index (χ2n) is 6.29. The molecule has 8 nitrogen and oxygen atoms in total. The molecule has 0 atom stereocenters. The minimum atomic E-state index is -0.280. The Morgan fingerprint density at radius 3 is 2.97 bits per heavy atom. The predicted octanol–water partition coefficient (Wildman–Crippen LogP) is 4.55. The summed E-state index contributed by atoms with van der Waals surface area (Å²) < 4.78 is 3.12. The number of amides is 1. The number of halogens is 2. The Bertz CT molecular complexity index is 1400. The van der Waals surface area contributed by atoms with Crippen molar-refractivity contribution < 1.29 is 4.79 Å². The van der Waals surface area contributed by atoms with Crippen molar-refractivity contribution in [2.24, 2.45) is 0 Å². The minimum absolute atomic E-state index is 0.280. The molecule has 0 spiro atoms. The SMILES string of the molecule is O=C(Nc1cccc2c1c(Br)nn2Cc1cnccn1)c1csc2c(Cl)ncnc12. The standard InChI is InChI=1S/C19H11BrClN7OS/c20-17-14-12(26-19(29)11-8-30-16-15(11)24-9-25-18(16)21)2-1-3-13(14)28(27-17)7-10-6-22-4-5-23-10/h1-6,8-9H,7H2,(H,26,29). The van der Waals surface area contributed by atoms with E-state index in [0.717, 1.165) is 16.6 Å². The molecule has 11 heteroatoms. The number of nitrogens with one attached hydrogen (secondary N) is 1. The number of thiophene rings is 1. The Balaban J connectivity index is 1.51. The molecule has 0 radical (unpaired) electrons. The molecule has 0 unspecified atom stereocenters. The molecule has 0 aliphatic rings. The maximum atomic E-state index is 13.0. The van der Waals surface area contributed by atoms with Crippen LogP contribution in [0, 0.1) is 0 Å². The Morgan fingerprint density at radius 2 is 2.13 bits per heavy atom. The molecule has 0 fully saturated rings. The molecular formula is C19H11BrClN7OS. The van der Waals surface area contributed by atoms with Crippen LogP contribution in [0.2, 0.25) is 5.15 Å². The molecule has 4 heterocycles. The van der Waals surface area contributed by atoms with Gasteiger partial charge in [0.15, 0.2) is 0 Å². The first-order valence-electron chi connectivity index (χ1n) is 8.71. The third kappa shape index (κ3) is 3.32. The lowest BCUT2D eigenvalue weighted by molar-refractivity contribution is 0.102. The van der Waals surface area contributed by atoms with E-state index in [0.29, 0.717) is 37.8 Å². The first-order chi connectivity index (χ1) is 14.6. The highest BCUT2D eigenvalue weighted by molar-refractivity contribution is 9.10. The topological polar surface area (TPSA) is 98.5 Å². The van der Waals surface area contributed by atoms with Crippen molar-refractivity contribution in [1.82, 2.24) is 29.7 Å². The summed E-state index contributed by atoms with van der Waals surface area (Å²) in [5.74, 6) is -0.280. The molecule has 1 amide bonds. The number of benzene rings is 1. The number of hydrogen-bond donors (Lipinski definition) is 1. The quantitative estimate of drug-likeness (QED) is 0.364. The molecule has 1 N–H and O–H groups in total. The third-order valence-electron chi connectivity index (χ3n) is 4.47. The van der Waals surface area contributed by atoms with E-state index in [-0.39, 0.29) is 5.91 Å². The molecule has 0 bridgehead atoms. The summed E-state index contributed by atoms with van der Waals surface area (Å²) in [5.41, 5.74) is 3.24. The second-order valence-corrected chi connectivity index (χ2v) is 8.28. The number of nitrogens with zero attached hydrogens (tertiary/aromatic N) is 6. The number of hydrogen-bond acceptors (Lipinski definition) is 7. The van der Waals surface area contributed by atoms with Gasteiger partial charge in [0.2, 0.25) is 0 Å². The summed E-state index contributed by atoms with van der Waals surface area (Å²) in [4.78, 5) is 29.5. The van der Waals surface area contributed by atoms with E-state index in [1.807, 2.05) is 22.9 Å².